The molecule has 2 N–H and O–H groups in total. The molecule has 1 unspecified atom stereocenters. The minimum atomic E-state index is -0.146. The van der Waals surface area contributed by atoms with Crippen LogP contribution in [0, 0.1) is 18.8 Å². The molecule has 1 atom stereocenters. The molecule has 0 bridgehead atoms. The molecule has 2 fully saturated rings. The van der Waals surface area contributed by atoms with E-state index in [2.05, 4.69) is 15.6 Å². The molecule has 2 saturated heterocycles. The third-order valence-electron chi connectivity index (χ3n) is 4.95. The summed E-state index contributed by atoms with van der Waals surface area (Å²) < 4.78 is 0. The second-order valence-electron chi connectivity index (χ2n) is 6.86. The number of carbonyl (C=O) groups excluding carboxylic acids is 2. The van der Waals surface area contributed by atoms with Crippen molar-refractivity contribution < 1.29 is 9.59 Å². The average Bonchev–Trinajstić information content (AvgIpc) is 2.64. The van der Waals surface area contributed by atoms with Gasteiger partial charge in [-0.05, 0) is 57.3 Å². The first kappa shape index (κ1) is 19.7. The number of aryl methyl sites for hydroxylation is 1. The Morgan fingerprint density at radius 2 is 1.96 bits per heavy atom. The van der Waals surface area contributed by atoms with Gasteiger partial charge in [0.05, 0.1) is 5.92 Å². The van der Waals surface area contributed by atoms with Crippen molar-refractivity contribution in [2.24, 2.45) is 11.8 Å². The lowest BCUT2D eigenvalue weighted by atomic mass is 9.92. The zero-order valence-corrected chi connectivity index (χ0v) is 15.5. The van der Waals surface area contributed by atoms with Crippen molar-refractivity contribution in [1.29, 1.82) is 0 Å². The van der Waals surface area contributed by atoms with Crippen LogP contribution in [0.3, 0.4) is 0 Å². The molecule has 1 aromatic heterocycles. The number of anilines is 1. The van der Waals surface area contributed by atoms with Crippen molar-refractivity contribution in [1.82, 2.24) is 15.2 Å². The fourth-order valence-corrected chi connectivity index (χ4v) is 3.49. The van der Waals surface area contributed by atoms with Crippen molar-refractivity contribution in [3.05, 3.63) is 23.9 Å². The molecule has 2 aliphatic heterocycles. The molecule has 1 aromatic rings. The number of nitrogens with one attached hydrogen (secondary N) is 2. The standard InChI is InChI=1S/C18H26N4O2.ClH/c1-13-4-5-16(20-11-13)21-17(23)15-3-2-10-22(12-15)18(24)14-6-8-19-9-7-14;/h4-5,11,14-15,19H,2-3,6-10,12H2,1H3,(H,20,21,23);1H. The number of aromatic nitrogens is 1. The third-order valence-corrected chi connectivity index (χ3v) is 4.95. The number of carbonyl (C=O) groups is 2. The van der Waals surface area contributed by atoms with Gasteiger partial charge in [-0.15, -0.1) is 12.4 Å². The Labute approximate surface area is 155 Å². The highest BCUT2D eigenvalue weighted by atomic mass is 35.5. The Bertz CT molecular complexity index is 587. The van der Waals surface area contributed by atoms with Gasteiger partial charge in [-0.25, -0.2) is 4.98 Å². The predicted molar refractivity (Wildman–Crippen MR) is 99.7 cm³/mol. The summed E-state index contributed by atoms with van der Waals surface area (Å²) in [5.41, 5.74) is 1.06. The number of rotatable bonds is 3. The lowest BCUT2D eigenvalue weighted by molar-refractivity contribution is -0.139. The molecule has 6 nitrogen and oxygen atoms in total. The van der Waals surface area contributed by atoms with E-state index in [9.17, 15) is 9.59 Å². The molecule has 0 aliphatic carbocycles. The van der Waals surface area contributed by atoms with Crippen molar-refractivity contribution in [2.45, 2.75) is 32.6 Å². The number of likely N-dealkylation sites (tertiary alicyclic amines) is 1. The fraction of sp³-hybridized carbons (Fsp3) is 0.611. The van der Waals surface area contributed by atoms with Gasteiger partial charge in [0.25, 0.3) is 0 Å². The summed E-state index contributed by atoms with van der Waals surface area (Å²) in [7, 11) is 0. The van der Waals surface area contributed by atoms with Crippen LogP contribution in [-0.4, -0.2) is 47.9 Å². The molecule has 25 heavy (non-hydrogen) atoms. The van der Waals surface area contributed by atoms with Gasteiger partial charge in [-0.1, -0.05) is 6.07 Å². The normalized spacial score (nSPS) is 21.3. The van der Waals surface area contributed by atoms with E-state index < -0.39 is 0 Å². The van der Waals surface area contributed by atoms with Crippen LogP contribution in [0.4, 0.5) is 5.82 Å². The van der Waals surface area contributed by atoms with Crippen LogP contribution in [0.1, 0.15) is 31.2 Å². The molecule has 0 aromatic carbocycles. The second kappa shape index (κ2) is 9.15. The number of hydrogen-bond acceptors (Lipinski definition) is 4. The Kier molecular flexibility index (Phi) is 7.20. The number of pyridine rings is 1. The van der Waals surface area contributed by atoms with Crippen molar-refractivity contribution >= 4 is 30.0 Å². The van der Waals surface area contributed by atoms with E-state index in [0.29, 0.717) is 12.4 Å². The zero-order chi connectivity index (χ0) is 16.9. The number of halogens is 1. The number of nitrogens with zero attached hydrogens (tertiary/aromatic N) is 2. The Morgan fingerprint density at radius 1 is 1.20 bits per heavy atom. The summed E-state index contributed by atoms with van der Waals surface area (Å²) in [6, 6.07) is 3.74. The molecule has 7 heteroatoms. The summed E-state index contributed by atoms with van der Waals surface area (Å²) >= 11 is 0. The lowest BCUT2D eigenvalue weighted by Gasteiger charge is -2.35. The van der Waals surface area contributed by atoms with E-state index in [-0.39, 0.29) is 36.1 Å². The van der Waals surface area contributed by atoms with E-state index >= 15 is 0 Å². The van der Waals surface area contributed by atoms with Crippen LogP contribution in [0.2, 0.25) is 0 Å². The lowest BCUT2D eigenvalue weighted by Crippen LogP contribution is -2.47. The van der Waals surface area contributed by atoms with Crippen molar-refractivity contribution in [3.8, 4) is 0 Å². The van der Waals surface area contributed by atoms with Crippen molar-refractivity contribution in [3.63, 3.8) is 0 Å². The summed E-state index contributed by atoms with van der Waals surface area (Å²) in [5, 5.41) is 6.17. The molecule has 0 saturated carbocycles. The fourth-order valence-electron chi connectivity index (χ4n) is 3.49. The first-order valence-corrected chi connectivity index (χ1v) is 8.86. The summed E-state index contributed by atoms with van der Waals surface area (Å²) in [6.45, 7) is 5.08. The molecule has 0 radical (unpaired) electrons. The third kappa shape index (κ3) is 5.16. The molecule has 138 valence electrons. The van der Waals surface area contributed by atoms with Gasteiger partial charge in [0, 0.05) is 25.2 Å². The van der Waals surface area contributed by atoms with Crippen LogP contribution >= 0.6 is 12.4 Å². The van der Waals surface area contributed by atoms with E-state index in [4.69, 9.17) is 0 Å². The van der Waals surface area contributed by atoms with Crippen LogP contribution in [-0.2, 0) is 9.59 Å². The van der Waals surface area contributed by atoms with Gasteiger partial charge in [0.1, 0.15) is 5.82 Å². The van der Waals surface area contributed by atoms with Gasteiger partial charge in [0.15, 0.2) is 0 Å². The quantitative estimate of drug-likeness (QED) is 0.857. The van der Waals surface area contributed by atoms with E-state index in [1.165, 1.54) is 0 Å². The summed E-state index contributed by atoms with van der Waals surface area (Å²) in [6.07, 6.45) is 5.26. The zero-order valence-electron chi connectivity index (χ0n) is 14.7. The van der Waals surface area contributed by atoms with Crippen LogP contribution in [0.15, 0.2) is 18.3 Å². The number of hydrogen-bond donors (Lipinski definition) is 2. The van der Waals surface area contributed by atoms with Gasteiger partial charge in [-0.3, -0.25) is 9.59 Å². The highest BCUT2D eigenvalue weighted by Crippen LogP contribution is 2.22. The van der Waals surface area contributed by atoms with Crippen LogP contribution < -0.4 is 10.6 Å². The Hall–Kier alpha value is -1.66. The molecule has 3 rings (SSSR count). The maximum Gasteiger partial charge on any atom is 0.230 e. The highest BCUT2D eigenvalue weighted by molar-refractivity contribution is 5.92. The topological polar surface area (TPSA) is 74.3 Å². The second-order valence-corrected chi connectivity index (χ2v) is 6.86. The SMILES string of the molecule is Cc1ccc(NC(=O)C2CCCN(C(=O)C3CCNCC3)C2)nc1.Cl. The van der Waals surface area contributed by atoms with Gasteiger partial charge < -0.3 is 15.5 Å². The number of amides is 2. The van der Waals surface area contributed by atoms with E-state index in [1.807, 2.05) is 24.0 Å². The summed E-state index contributed by atoms with van der Waals surface area (Å²) in [5.74, 6) is 0.739. The van der Waals surface area contributed by atoms with Gasteiger partial charge >= 0.3 is 0 Å². The molecule has 3 heterocycles. The Balaban J connectivity index is 0.00000225. The molecular formula is C18H27ClN4O2. The minimum Gasteiger partial charge on any atom is -0.342 e. The maximum atomic E-state index is 12.7. The van der Waals surface area contributed by atoms with E-state index in [0.717, 1.165) is 50.9 Å². The number of piperidine rings is 2. The van der Waals surface area contributed by atoms with Gasteiger partial charge in [0.2, 0.25) is 11.8 Å². The van der Waals surface area contributed by atoms with E-state index in [1.54, 1.807) is 6.20 Å². The monoisotopic (exact) mass is 366 g/mol. The Morgan fingerprint density at radius 3 is 2.64 bits per heavy atom. The van der Waals surface area contributed by atoms with Crippen molar-refractivity contribution in [2.75, 3.05) is 31.5 Å². The molecule has 0 spiro atoms. The molecule has 2 amide bonds. The smallest absolute Gasteiger partial charge is 0.230 e. The van der Waals surface area contributed by atoms with Crippen LogP contribution in [0.25, 0.3) is 0 Å². The molecular weight excluding hydrogens is 340 g/mol. The first-order chi connectivity index (χ1) is 11.6. The van der Waals surface area contributed by atoms with Gasteiger partial charge in [-0.2, -0.15) is 0 Å². The maximum absolute atomic E-state index is 12.7. The minimum absolute atomic E-state index is 0. The highest BCUT2D eigenvalue weighted by Gasteiger charge is 2.32. The first-order valence-electron chi connectivity index (χ1n) is 8.86. The predicted octanol–water partition coefficient (Wildman–Crippen LogP) is 1.99. The average molecular weight is 367 g/mol. The molecule has 2 aliphatic rings. The largest absolute Gasteiger partial charge is 0.342 e. The van der Waals surface area contributed by atoms with Crippen LogP contribution in [0.5, 0.6) is 0 Å². The summed E-state index contributed by atoms with van der Waals surface area (Å²) in [4.78, 5) is 31.3.